The lowest BCUT2D eigenvalue weighted by molar-refractivity contribution is 0.0607. The first kappa shape index (κ1) is 14.0. The van der Waals surface area contributed by atoms with Gasteiger partial charge in [-0.2, -0.15) is 23.5 Å². The highest BCUT2D eigenvalue weighted by Crippen LogP contribution is 2.30. The summed E-state index contributed by atoms with van der Waals surface area (Å²) < 4.78 is 5.46. The van der Waals surface area contributed by atoms with Crippen molar-refractivity contribution in [1.82, 2.24) is 5.32 Å². The molecule has 1 N–H and O–H groups in total. The van der Waals surface area contributed by atoms with Crippen LogP contribution in [0.2, 0.25) is 0 Å². The third kappa shape index (κ3) is 4.66. The molecule has 0 saturated carbocycles. The van der Waals surface area contributed by atoms with E-state index in [0.29, 0.717) is 0 Å². The Bertz CT molecular complexity index is 204. The van der Waals surface area contributed by atoms with Gasteiger partial charge < -0.3 is 10.1 Å². The number of rotatable bonds is 5. The lowest BCUT2D eigenvalue weighted by Crippen LogP contribution is -2.42. The van der Waals surface area contributed by atoms with Crippen LogP contribution in [0.25, 0.3) is 0 Å². The molecule has 0 spiro atoms. The Morgan fingerprint density at radius 2 is 2.12 bits per heavy atom. The molecule has 2 nitrogen and oxygen atoms in total. The zero-order valence-electron chi connectivity index (χ0n) is 10.8. The molecule has 0 amide bonds. The molecule has 0 radical (unpaired) electrons. The SMILES string of the molecule is CCNC(CC1CCOCC1)C1CSCCS1. The Labute approximate surface area is 114 Å². The second-order valence-electron chi connectivity index (χ2n) is 4.94. The van der Waals surface area contributed by atoms with E-state index < -0.39 is 0 Å². The molecule has 2 atom stereocenters. The third-order valence-corrected chi connectivity index (χ3v) is 6.61. The Morgan fingerprint density at radius 3 is 2.76 bits per heavy atom. The van der Waals surface area contributed by atoms with Gasteiger partial charge in [0.05, 0.1) is 0 Å². The van der Waals surface area contributed by atoms with Crippen LogP contribution in [0.5, 0.6) is 0 Å². The molecule has 17 heavy (non-hydrogen) atoms. The largest absolute Gasteiger partial charge is 0.381 e. The van der Waals surface area contributed by atoms with Gasteiger partial charge in [0.1, 0.15) is 0 Å². The molecule has 0 aliphatic carbocycles. The summed E-state index contributed by atoms with van der Waals surface area (Å²) in [6, 6.07) is 0.723. The summed E-state index contributed by atoms with van der Waals surface area (Å²) in [7, 11) is 0. The van der Waals surface area contributed by atoms with E-state index >= 15 is 0 Å². The van der Waals surface area contributed by atoms with Crippen molar-refractivity contribution in [3.8, 4) is 0 Å². The summed E-state index contributed by atoms with van der Waals surface area (Å²) in [6.45, 7) is 5.30. The summed E-state index contributed by atoms with van der Waals surface area (Å²) in [5.41, 5.74) is 0. The number of hydrogen-bond donors (Lipinski definition) is 1. The quantitative estimate of drug-likeness (QED) is 0.832. The van der Waals surface area contributed by atoms with Gasteiger partial charge in [0.25, 0.3) is 0 Å². The molecule has 100 valence electrons. The van der Waals surface area contributed by atoms with E-state index in [9.17, 15) is 0 Å². The lowest BCUT2D eigenvalue weighted by Gasteiger charge is -2.33. The molecule has 2 saturated heterocycles. The molecule has 2 unspecified atom stereocenters. The van der Waals surface area contributed by atoms with E-state index in [2.05, 4.69) is 35.8 Å². The van der Waals surface area contributed by atoms with Gasteiger partial charge in [0.2, 0.25) is 0 Å². The normalized spacial score (nSPS) is 29.1. The van der Waals surface area contributed by atoms with E-state index in [4.69, 9.17) is 4.74 Å². The minimum Gasteiger partial charge on any atom is -0.381 e. The average molecular weight is 275 g/mol. The van der Waals surface area contributed by atoms with Gasteiger partial charge in [0.15, 0.2) is 0 Å². The van der Waals surface area contributed by atoms with Gasteiger partial charge in [0, 0.05) is 41.8 Å². The molecule has 2 fully saturated rings. The van der Waals surface area contributed by atoms with E-state index in [-0.39, 0.29) is 0 Å². The molecule has 0 aromatic heterocycles. The van der Waals surface area contributed by atoms with Gasteiger partial charge in [-0.3, -0.25) is 0 Å². The maximum atomic E-state index is 5.46. The summed E-state index contributed by atoms with van der Waals surface area (Å²) in [5, 5.41) is 4.55. The predicted octanol–water partition coefficient (Wildman–Crippen LogP) is 2.63. The van der Waals surface area contributed by atoms with Crippen molar-refractivity contribution in [2.75, 3.05) is 37.0 Å². The van der Waals surface area contributed by atoms with Crippen molar-refractivity contribution in [2.45, 2.75) is 37.5 Å². The molecule has 2 aliphatic rings. The van der Waals surface area contributed by atoms with E-state index in [1.54, 1.807) is 0 Å². The van der Waals surface area contributed by atoms with Crippen molar-refractivity contribution in [3.05, 3.63) is 0 Å². The second kappa shape index (κ2) is 7.93. The third-order valence-electron chi connectivity index (χ3n) is 3.68. The summed E-state index contributed by atoms with van der Waals surface area (Å²) in [4.78, 5) is 0. The zero-order chi connectivity index (χ0) is 11.9. The molecule has 0 bridgehead atoms. The van der Waals surface area contributed by atoms with Gasteiger partial charge in [-0.1, -0.05) is 6.92 Å². The van der Waals surface area contributed by atoms with Crippen molar-refractivity contribution < 1.29 is 4.74 Å². The first-order chi connectivity index (χ1) is 8.40. The van der Waals surface area contributed by atoms with Gasteiger partial charge in [-0.25, -0.2) is 0 Å². The van der Waals surface area contributed by atoms with Crippen molar-refractivity contribution in [3.63, 3.8) is 0 Å². The number of thioether (sulfide) groups is 2. The van der Waals surface area contributed by atoms with Crippen LogP contribution in [0.3, 0.4) is 0 Å². The minimum absolute atomic E-state index is 0.723. The van der Waals surface area contributed by atoms with Crippen LogP contribution in [-0.4, -0.2) is 48.3 Å². The Balaban J connectivity index is 1.81. The van der Waals surface area contributed by atoms with Crippen LogP contribution in [0, 0.1) is 5.92 Å². The van der Waals surface area contributed by atoms with E-state index in [1.165, 1.54) is 36.5 Å². The summed E-state index contributed by atoms with van der Waals surface area (Å²) >= 11 is 4.32. The van der Waals surface area contributed by atoms with Gasteiger partial charge >= 0.3 is 0 Å². The number of ether oxygens (including phenoxy) is 1. The van der Waals surface area contributed by atoms with E-state index in [0.717, 1.165) is 37.0 Å². The topological polar surface area (TPSA) is 21.3 Å². The van der Waals surface area contributed by atoms with Crippen molar-refractivity contribution in [2.24, 2.45) is 5.92 Å². The minimum atomic E-state index is 0.723. The van der Waals surface area contributed by atoms with Gasteiger partial charge in [-0.15, -0.1) is 0 Å². The van der Waals surface area contributed by atoms with E-state index in [1.807, 2.05) is 0 Å². The molecule has 0 aromatic carbocycles. The second-order valence-corrected chi connectivity index (χ2v) is 7.44. The highest BCUT2D eigenvalue weighted by molar-refractivity contribution is 8.06. The maximum Gasteiger partial charge on any atom is 0.0468 e. The first-order valence-electron chi connectivity index (χ1n) is 6.90. The predicted molar refractivity (Wildman–Crippen MR) is 79.2 cm³/mol. The Morgan fingerprint density at radius 1 is 1.29 bits per heavy atom. The number of nitrogens with one attached hydrogen (secondary N) is 1. The van der Waals surface area contributed by atoms with Crippen LogP contribution >= 0.6 is 23.5 Å². The monoisotopic (exact) mass is 275 g/mol. The average Bonchev–Trinajstić information content (AvgIpc) is 2.40. The van der Waals surface area contributed by atoms with Crippen LogP contribution in [-0.2, 0) is 4.74 Å². The molecule has 2 rings (SSSR count). The maximum absolute atomic E-state index is 5.46. The first-order valence-corrected chi connectivity index (χ1v) is 9.11. The Kier molecular flexibility index (Phi) is 6.54. The molecule has 4 heteroatoms. The number of hydrogen-bond acceptors (Lipinski definition) is 4. The highest BCUT2D eigenvalue weighted by atomic mass is 32.2. The zero-order valence-corrected chi connectivity index (χ0v) is 12.5. The van der Waals surface area contributed by atoms with Crippen LogP contribution in [0.1, 0.15) is 26.2 Å². The molecule has 0 aromatic rings. The fourth-order valence-electron chi connectivity index (χ4n) is 2.71. The highest BCUT2D eigenvalue weighted by Gasteiger charge is 2.27. The molecule has 2 heterocycles. The molecular formula is C13H25NOS2. The van der Waals surface area contributed by atoms with Crippen molar-refractivity contribution in [1.29, 1.82) is 0 Å². The lowest BCUT2D eigenvalue weighted by atomic mass is 9.91. The summed E-state index contributed by atoms with van der Waals surface area (Å²) in [6.07, 6.45) is 3.90. The fourth-order valence-corrected chi connectivity index (χ4v) is 5.61. The smallest absolute Gasteiger partial charge is 0.0468 e. The Hall–Kier alpha value is 0.620. The standard InChI is InChI=1S/C13H25NOS2/c1-2-14-12(13-10-16-7-8-17-13)9-11-3-5-15-6-4-11/h11-14H,2-10H2,1H3. The van der Waals surface area contributed by atoms with Crippen molar-refractivity contribution >= 4 is 23.5 Å². The molecular weight excluding hydrogens is 250 g/mol. The summed E-state index contributed by atoms with van der Waals surface area (Å²) in [5.74, 6) is 4.91. The van der Waals surface area contributed by atoms with Crippen LogP contribution in [0.4, 0.5) is 0 Å². The van der Waals surface area contributed by atoms with Crippen LogP contribution in [0.15, 0.2) is 0 Å². The van der Waals surface area contributed by atoms with Gasteiger partial charge in [-0.05, 0) is 31.7 Å². The molecule has 2 aliphatic heterocycles. The van der Waals surface area contributed by atoms with Crippen LogP contribution < -0.4 is 5.32 Å². The fraction of sp³-hybridized carbons (Fsp3) is 1.00.